The molecule has 112 valence electrons. The Morgan fingerprint density at radius 3 is 2.75 bits per heavy atom. The van der Waals surface area contributed by atoms with Gasteiger partial charge in [0.05, 0.1) is 11.6 Å². The number of carbonyl (C=O) groups is 1. The highest BCUT2D eigenvalue weighted by atomic mass is 32.2. The summed E-state index contributed by atoms with van der Waals surface area (Å²) in [7, 11) is -3.74. The number of nitrogens with zero attached hydrogens (tertiary/aromatic N) is 2. The predicted molar refractivity (Wildman–Crippen MR) is 76.1 cm³/mol. The first-order chi connectivity index (χ1) is 9.29. The summed E-state index contributed by atoms with van der Waals surface area (Å²) in [5.74, 6) is -1.59. The number of aromatic nitrogens is 1. The van der Waals surface area contributed by atoms with Crippen LogP contribution in [0.1, 0.15) is 23.4 Å². The molecule has 1 aliphatic heterocycles. The van der Waals surface area contributed by atoms with Gasteiger partial charge in [0.2, 0.25) is 0 Å². The maximum atomic E-state index is 12.2. The summed E-state index contributed by atoms with van der Waals surface area (Å²) in [4.78, 5) is 16.1. The second kappa shape index (κ2) is 5.66. The fourth-order valence-corrected chi connectivity index (χ4v) is 4.34. The molecular formula is C11H17N3O4S2. The first-order valence-electron chi connectivity index (χ1n) is 6.24. The van der Waals surface area contributed by atoms with E-state index in [0.717, 1.165) is 10.6 Å². The van der Waals surface area contributed by atoms with Crippen LogP contribution in [0, 0.1) is 19.8 Å². The summed E-state index contributed by atoms with van der Waals surface area (Å²) >= 11 is 1.27. The van der Waals surface area contributed by atoms with Crippen molar-refractivity contribution >= 4 is 32.6 Å². The molecule has 0 aromatic carbocycles. The molecule has 1 aromatic heterocycles. The predicted octanol–water partition coefficient (Wildman–Crippen LogP) is 1.21. The van der Waals surface area contributed by atoms with Gasteiger partial charge >= 0.3 is 16.2 Å². The molecule has 0 aliphatic carbocycles. The van der Waals surface area contributed by atoms with Crippen molar-refractivity contribution in [2.45, 2.75) is 26.7 Å². The van der Waals surface area contributed by atoms with Gasteiger partial charge in [-0.05, 0) is 26.7 Å². The van der Waals surface area contributed by atoms with Crippen LogP contribution in [0.3, 0.4) is 0 Å². The summed E-state index contributed by atoms with van der Waals surface area (Å²) in [6.07, 6.45) is 1.06. The molecule has 1 atom stereocenters. The van der Waals surface area contributed by atoms with Gasteiger partial charge in [-0.15, -0.1) is 11.3 Å². The molecule has 20 heavy (non-hydrogen) atoms. The van der Waals surface area contributed by atoms with Crippen LogP contribution in [0.5, 0.6) is 0 Å². The second-order valence-electron chi connectivity index (χ2n) is 4.80. The fourth-order valence-electron chi connectivity index (χ4n) is 2.05. The molecule has 0 spiro atoms. The van der Waals surface area contributed by atoms with Crippen molar-refractivity contribution in [1.29, 1.82) is 0 Å². The molecule has 2 rings (SSSR count). The lowest BCUT2D eigenvalue weighted by molar-refractivity contribution is -0.142. The van der Waals surface area contributed by atoms with Gasteiger partial charge in [0.15, 0.2) is 5.13 Å². The zero-order chi connectivity index (χ0) is 14.9. The lowest BCUT2D eigenvalue weighted by Crippen LogP contribution is -2.44. The zero-order valence-electron chi connectivity index (χ0n) is 11.3. The smallest absolute Gasteiger partial charge is 0.307 e. The molecule has 0 amide bonds. The monoisotopic (exact) mass is 319 g/mol. The van der Waals surface area contributed by atoms with E-state index in [4.69, 9.17) is 5.11 Å². The van der Waals surface area contributed by atoms with E-state index in [1.54, 1.807) is 0 Å². The maximum absolute atomic E-state index is 12.2. The Morgan fingerprint density at radius 2 is 2.20 bits per heavy atom. The van der Waals surface area contributed by atoms with Crippen molar-refractivity contribution in [2.75, 3.05) is 17.8 Å². The van der Waals surface area contributed by atoms with Crippen LogP contribution in [-0.4, -0.2) is 41.9 Å². The number of aliphatic carboxylic acids is 1. The largest absolute Gasteiger partial charge is 0.481 e. The Bertz CT molecular complexity index is 592. The number of carboxylic acids is 1. The number of rotatable bonds is 4. The first-order valence-corrected chi connectivity index (χ1v) is 8.50. The molecule has 1 fully saturated rings. The van der Waals surface area contributed by atoms with Crippen LogP contribution >= 0.6 is 11.3 Å². The topological polar surface area (TPSA) is 99.6 Å². The molecule has 1 unspecified atom stereocenters. The van der Waals surface area contributed by atoms with Gasteiger partial charge < -0.3 is 5.11 Å². The third-order valence-electron chi connectivity index (χ3n) is 3.32. The first kappa shape index (κ1) is 15.2. The van der Waals surface area contributed by atoms with E-state index in [1.165, 1.54) is 15.6 Å². The molecule has 2 heterocycles. The highest BCUT2D eigenvalue weighted by Crippen LogP contribution is 2.25. The minimum absolute atomic E-state index is 0.00794. The van der Waals surface area contributed by atoms with Crippen molar-refractivity contribution < 1.29 is 18.3 Å². The van der Waals surface area contributed by atoms with Gasteiger partial charge in [0.25, 0.3) is 0 Å². The molecule has 7 nitrogen and oxygen atoms in total. The SMILES string of the molecule is Cc1nc(NS(=O)(=O)N2CCCC(C(=O)O)C2)sc1C. The Morgan fingerprint density at radius 1 is 1.50 bits per heavy atom. The number of hydrogen-bond donors (Lipinski definition) is 2. The number of piperidine rings is 1. The van der Waals surface area contributed by atoms with E-state index >= 15 is 0 Å². The highest BCUT2D eigenvalue weighted by molar-refractivity contribution is 7.90. The third kappa shape index (κ3) is 3.28. The summed E-state index contributed by atoms with van der Waals surface area (Å²) in [5, 5.41) is 9.32. The highest BCUT2D eigenvalue weighted by Gasteiger charge is 2.32. The molecule has 9 heteroatoms. The Balaban J connectivity index is 2.11. The van der Waals surface area contributed by atoms with Gasteiger partial charge in [-0.3, -0.25) is 4.79 Å². The van der Waals surface area contributed by atoms with Crippen molar-refractivity contribution in [3.8, 4) is 0 Å². The van der Waals surface area contributed by atoms with E-state index in [1.807, 2.05) is 13.8 Å². The Hall–Kier alpha value is -1.19. The van der Waals surface area contributed by atoms with Crippen molar-refractivity contribution in [2.24, 2.45) is 5.92 Å². The lowest BCUT2D eigenvalue weighted by Gasteiger charge is -2.29. The van der Waals surface area contributed by atoms with Crippen LogP contribution in [0.15, 0.2) is 0 Å². The van der Waals surface area contributed by atoms with Crippen LogP contribution in [-0.2, 0) is 15.0 Å². The molecule has 0 saturated carbocycles. The summed E-state index contributed by atoms with van der Waals surface area (Å²) in [6, 6.07) is 0. The number of nitrogens with one attached hydrogen (secondary N) is 1. The number of anilines is 1. The van der Waals surface area contributed by atoms with E-state index in [9.17, 15) is 13.2 Å². The maximum Gasteiger partial charge on any atom is 0.307 e. The molecule has 2 N–H and O–H groups in total. The molecular weight excluding hydrogens is 302 g/mol. The van der Waals surface area contributed by atoms with E-state index in [0.29, 0.717) is 24.5 Å². The van der Waals surface area contributed by atoms with Gasteiger partial charge in [-0.25, -0.2) is 9.71 Å². The third-order valence-corrected chi connectivity index (χ3v) is 5.90. The average molecular weight is 319 g/mol. The van der Waals surface area contributed by atoms with Gasteiger partial charge in [0.1, 0.15) is 0 Å². The van der Waals surface area contributed by atoms with Gasteiger partial charge in [0, 0.05) is 18.0 Å². The van der Waals surface area contributed by atoms with Crippen molar-refractivity contribution in [3.05, 3.63) is 10.6 Å². The van der Waals surface area contributed by atoms with Crippen LogP contribution in [0.2, 0.25) is 0 Å². The lowest BCUT2D eigenvalue weighted by atomic mass is 10.0. The summed E-state index contributed by atoms with van der Waals surface area (Å²) in [5.41, 5.74) is 0.787. The summed E-state index contributed by atoms with van der Waals surface area (Å²) < 4.78 is 28.1. The Labute approximate surface area is 121 Å². The van der Waals surface area contributed by atoms with E-state index in [-0.39, 0.29) is 6.54 Å². The van der Waals surface area contributed by atoms with Gasteiger partial charge in [-0.1, -0.05) is 0 Å². The molecule has 1 aliphatic rings. The molecule has 0 bridgehead atoms. The number of thiazole rings is 1. The minimum atomic E-state index is -3.74. The average Bonchev–Trinajstić information content (AvgIpc) is 2.67. The van der Waals surface area contributed by atoms with Crippen molar-refractivity contribution in [3.63, 3.8) is 0 Å². The molecule has 1 saturated heterocycles. The Kier molecular flexibility index (Phi) is 4.31. The van der Waals surface area contributed by atoms with Crippen LogP contribution in [0.4, 0.5) is 5.13 Å². The van der Waals surface area contributed by atoms with E-state index in [2.05, 4.69) is 9.71 Å². The number of hydrogen-bond acceptors (Lipinski definition) is 5. The zero-order valence-corrected chi connectivity index (χ0v) is 12.9. The molecule has 1 aromatic rings. The second-order valence-corrected chi connectivity index (χ2v) is 7.68. The van der Waals surface area contributed by atoms with Crippen LogP contribution < -0.4 is 4.72 Å². The van der Waals surface area contributed by atoms with E-state index < -0.39 is 22.1 Å². The number of aryl methyl sites for hydroxylation is 2. The minimum Gasteiger partial charge on any atom is -0.481 e. The standard InChI is InChI=1S/C11H17N3O4S2/c1-7-8(2)19-11(12-7)13-20(17,18)14-5-3-4-9(6-14)10(15)16/h9H,3-6H2,1-2H3,(H,12,13)(H,15,16). The van der Waals surface area contributed by atoms with Crippen molar-refractivity contribution in [1.82, 2.24) is 9.29 Å². The van der Waals surface area contributed by atoms with Gasteiger partial charge in [-0.2, -0.15) is 12.7 Å². The summed E-state index contributed by atoms with van der Waals surface area (Å²) in [6.45, 7) is 4.02. The number of carboxylic acid groups (broad SMARTS) is 1. The van der Waals surface area contributed by atoms with Crippen LogP contribution in [0.25, 0.3) is 0 Å². The fraction of sp³-hybridized carbons (Fsp3) is 0.636. The quantitative estimate of drug-likeness (QED) is 0.869. The molecule has 0 radical (unpaired) electrons. The normalized spacial score (nSPS) is 20.8.